The van der Waals surface area contributed by atoms with E-state index in [2.05, 4.69) is 51.7 Å². The summed E-state index contributed by atoms with van der Waals surface area (Å²) in [6.07, 6.45) is 10.4. The van der Waals surface area contributed by atoms with Crippen LogP contribution >= 0.6 is 11.3 Å². The van der Waals surface area contributed by atoms with Gasteiger partial charge in [0.1, 0.15) is 5.69 Å². The number of nitrogens with zero attached hydrogens (tertiary/aromatic N) is 6. The number of pyridine rings is 1. The summed E-state index contributed by atoms with van der Waals surface area (Å²) in [5, 5.41) is 11.7. The Hall–Kier alpha value is -3.92. The Balaban J connectivity index is 1.43. The summed E-state index contributed by atoms with van der Waals surface area (Å²) in [7, 11) is 4.14. The molecule has 1 aliphatic heterocycles. The molecule has 192 valence electrons. The Bertz CT molecular complexity index is 1460. The van der Waals surface area contributed by atoms with Gasteiger partial charge < -0.3 is 15.1 Å². The molecule has 3 aromatic heterocycles. The van der Waals surface area contributed by atoms with Crippen LogP contribution in [0.15, 0.2) is 71.1 Å². The first-order valence-corrected chi connectivity index (χ1v) is 13.2. The van der Waals surface area contributed by atoms with Crippen molar-refractivity contribution in [2.24, 2.45) is 0 Å². The van der Waals surface area contributed by atoms with E-state index in [0.717, 1.165) is 41.5 Å². The number of hydrogen-bond donors (Lipinski definition) is 1. The molecule has 2 aliphatic rings. The number of aryl methyl sites for hydroxylation is 1. The molecule has 1 aliphatic carbocycles. The Kier molecular flexibility index (Phi) is 7.09. The lowest BCUT2D eigenvalue weighted by molar-refractivity contribution is 0.0954. The van der Waals surface area contributed by atoms with Crippen molar-refractivity contribution >= 4 is 28.6 Å². The van der Waals surface area contributed by atoms with Crippen molar-refractivity contribution in [2.45, 2.75) is 32.7 Å². The molecule has 0 saturated carbocycles. The van der Waals surface area contributed by atoms with Crippen LogP contribution in [-0.2, 0) is 6.54 Å². The van der Waals surface area contributed by atoms with Gasteiger partial charge in [0.2, 0.25) is 0 Å². The summed E-state index contributed by atoms with van der Waals surface area (Å²) in [4.78, 5) is 31.3. The highest BCUT2D eigenvalue weighted by Gasteiger charge is 2.24. The van der Waals surface area contributed by atoms with Crippen LogP contribution in [0.5, 0.6) is 0 Å². The average molecular weight is 518 g/mol. The molecular weight excluding hydrogens is 486 g/mol. The van der Waals surface area contributed by atoms with Crippen molar-refractivity contribution < 1.29 is 4.79 Å². The van der Waals surface area contributed by atoms with Gasteiger partial charge in [-0.2, -0.15) is 0 Å². The third kappa shape index (κ3) is 5.43. The second-order valence-corrected chi connectivity index (χ2v) is 10.7. The van der Waals surface area contributed by atoms with Gasteiger partial charge in [-0.25, -0.2) is 4.68 Å². The number of nitrogens with one attached hydrogen (secondary N) is 1. The second kappa shape index (κ2) is 10.6. The first-order chi connectivity index (χ1) is 17.9. The lowest BCUT2D eigenvalue weighted by Crippen LogP contribution is -2.33. The molecule has 3 aromatic rings. The van der Waals surface area contributed by atoms with Gasteiger partial charge in [-0.05, 0) is 50.1 Å². The van der Waals surface area contributed by atoms with E-state index in [9.17, 15) is 9.59 Å². The number of carbonyl (C=O) groups excluding carboxylic acids is 1. The van der Waals surface area contributed by atoms with E-state index in [1.807, 2.05) is 42.2 Å². The number of allylic oxidation sites excluding steroid dienone is 3. The molecule has 0 atom stereocenters. The fraction of sp³-hybridized carbons (Fsp3) is 0.333. The van der Waals surface area contributed by atoms with Gasteiger partial charge in [-0.1, -0.05) is 11.3 Å². The molecule has 1 N–H and O–H groups in total. The monoisotopic (exact) mass is 517 g/mol. The van der Waals surface area contributed by atoms with E-state index in [-0.39, 0.29) is 11.5 Å². The van der Waals surface area contributed by atoms with Crippen LogP contribution in [0.25, 0.3) is 11.4 Å². The number of carbonyl (C=O) groups is 1. The normalized spacial score (nSPS) is 15.9. The maximum atomic E-state index is 12.5. The predicted octanol–water partition coefficient (Wildman–Crippen LogP) is 3.39. The minimum absolute atomic E-state index is 0.0373. The van der Waals surface area contributed by atoms with Crippen molar-refractivity contribution in [1.29, 1.82) is 0 Å². The fourth-order valence-electron chi connectivity index (χ4n) is 4.66. The fourth-order valence-corrected chi connectivity index (χ4v) is 5.44. The Morgan fingerprint density at radius 1 is 1.16 bits per heavy atom. The molecule has 0 radical (unpaired) electrons. The van der Waals surface area contributed by atoms with E-state index in [4.69, 9.17) is 0 Å². The molecule has 0 aromatic carbocycles. The Morgan fingerprint density at radius 2 is 2.03 bits per heavy atom. The lowest BCUT2D eigenvalue weighted by Gasteiger charge is -2.34. The molecule has 0 fully saturated rings. The van der Waals surface area contributed by atoms with Crippen molar-refractivity contribution in [3.05, 3.63) is 92.1 Å². The van der Waals surface area contributed by atoms with Crippen molar-refractivity contribution in [2.75, 3.05) is 27.2 Å². The van der Waals surface area contributed by atoms with E-state index in [1.165, 1.54) is 17.0 Å². The molecule has 4 heterocycles. The summed E-state index contributed by atoms with van der Waals surface area (Å²) in [6.45, 7) is 3.93. The highest BCUT2D eigenvalue weighted by molar-refractivity contribution is 7.13. The van der Waals surface area contributed by atoms with Crippen molar-refractivity contribution in [3.63, 3.8) is 0 Å². The third-order valence-corrected chi connectivity index (χ3v) is 7.66. The van der Waals surface area contributed by atoms with Crippen LogP contribution in [0.2, 0.25) is 0 Å². The van der Waals surface area contributed by atoms with Gasteiger partial charge in [0.05, 0.1) is 29.0 Å². The minimum Gasteiger partial charge on any atom is -0.381 e. The standard InChI is InChI=1S/C27H31N7O2S/c1-19-7-10-25(37-19)27(36)28-17-20-18-34(30-29-20)23-9-8-22(33-13-5-4-6-26(33)35)16-24(23)32-14-11-21(12-15-32)31(2)3/h4-7,10-11,13,16,18H,8-9,12,14-15,17H2,1-3H3,(H,28,36). The third-order valence-electron chi connectivity index (χ3n) is 6.66. The van der Waals surface area contributed by atoms with Gasteiger partial charge in [-0.15, -0.1) is 16.4 Å². The highest BCUT2D eigenvalue weighted by atomic mass is 32.1. The molecule has 5 rings (SSSR count). The number of thiophene rings is 1. The lowest BCUT2D eigenvalue weighted by atomic mass is 10.0. The number of amides is 1. The van der Waals surface area contributed by atoms with Crippen LogP contribution in [0, 0.1) is 6.92 Å². The molecule has 0 bridgehead atoms. The smallest absolute Gasteiger partial charge is 0.261 e. The van der Waals surface area contributed by atoms with Crippen LogP contribution in [0.3, 0.4) is 0 Å². The first-order valence-electron chi connectivity index (χ1n) is 12.4. The van der Waals surface area contributed by atoms with Gasteiger partial charge >= 0.3 is 0 Å². The molecule has 10 heteroatoms. The van der Waals surface area contributed by atoms with E-state index < -0.39 is 0 Å². The summed E-state index contributed by atoms with van der Waals surface area (Å²) in [5.41, 5.74) is 5.01. The molecule has 0 unspecified atom stereocenters. The zero-order chi connectivity index (χ0) is 25.9. The largest absolute Gasteiger partial charge is 0.381 e. The van der Waals surface area contributed by atoms with E-state index in [1.54, 1.807) is 16.7 Å². The molecular formula is C27H31N7O2S. The predicted molar refractivity (Wildman–Crippen MR) is 146 cm³/mol. The summed E-state index contributed by atoms with van der Waals surface area (Å²) in [5.74, 6) is -0.108. The van der Waals surface area contributed by atoms with E-state index >= 15 is 0 Å². The zero-order valence-electron chi connectivity index (χ0n) is 21.3. The summed E-state index contributed by atoms with van der Waals surface area (Å²) in [6, 6.07) is 9.00. The summed E-state index contributed by atoms with van der Waals surface area (Å²) < 4.78 is 3.54. The maximum Gasteiger partial charge on any atom is 0.261 e. The molecule has 0 spiro atoms. The van der Waals surface area contributed by atoms with Gasteiger partial charge in [-0.3, -0.25) is 14.2 Å². The van der Waals surface area contributed by atoms with Crippen molar-refractivity contribution in [1.82, 2.24) is 34.7 Å². The zero-order valence-corrected chi connectivity index (χ0v) is 22.2. The van der Waals surface area contributed by atoms with Gasteiger partial charge in [0.15, 0.2) is 0 Å². The Labute approximate surface area is 220 Å². The molecule has 0 saturated heterocycles. The quantitative estimate of drug-likeness (QED) is 0.517. The van der Waals surface area contributed by atoms with Gasteiger partial charge in [0.25, 0.3) is 11.5 Å². The van der Waals surface area contributed by atoms with Gasteiger partial charge in [0, 0.05) is 62.1 Å². The van der Waals surface area contributed by atoms with Crippen LogP contribution in [0.4, 0.5) is 0 Å². The van der Waals surface area contributed by atoms with Crippen LogP contribution < -0.4 is 10.9 Å². The minimum atomic E-state index is -0.108. The average Bonchev–Trinajstić information content (AvgIpc) is 3.56. The maximum absolute atomic E-state index is 12.5. The topological polar surface area (TPSA) is 88.3 Å². The Morgan fingerprint density at radius 3 is 2.73 bits per heavy atom. The first kappa shape index (κ1) is 24.8. The molecule has 1 amide bonds. The number of aromatic nitrogens is 4. The SMILES string of the molecule is Cc1ccc(C(=O)NCc2cn(C3=C(N4CC=C(N(C)C)CC4)C=C(n4ccccc4=O)CC3)nn2)s1. The molecule has 9 nitrogen and oxygen atoms in total. The highest BCUT2D eigenvalue weighted by Crippen LogP contribution is 2.32. The number of hydrogen-bond acceptors (Lipinski definition) is 7. The number of rotatable bonds is 7. The van der Waals surface area contributed by atoms with Crippen molar-refractivity contribution in [3.8, 4) is 0 Å². The second-order valence-electron chi connectivity index (χ2n) is 9.41. The van der Waals surface area contributed by atoms with Crippen LogP contribution in [-0.4, -0.2) is 62.5 Å². The van der Waals surface area contributed by atoms with Crippen LogP contribution in [0.1, 0.15) is 39.5 Å². The molecule has 37 heavy (non-hydrogen) atoms. The summed E-state index contributed by atoms with van der Waals surface area (Å²) >= 11 is 1.47. The van der Waals surface area contributed by atoms with E-state index in [0.29, 0.717) is 30.0 Å².